The first kappa shape index (κ1) is 14.9. The highest BCUT2D eigenvalue weighted by atomic mass is 19.3. The lowest BCUT2D eigenvalue weighted by atomic mass is 9.93. The van der Waals surface area contributed by atoms with Gasteiger partial charge in [-0.25, -0.2) is 4.39 Å². The molecule has 1 aliphatic rings. The second-order valence-electron chi connectivity index (χ2n) is 5.28. The Morgan fingerprint density at radius 3 is 3.05 bits per heavy atom. The predicted molar refractivity (Wildman–Crippen MR) is 74.1 cm³/mol. The van der Waals surface area contributed by atoms with Crippen LogP contribution in [0.4, 0.5) is 13.2 Å². The number of halogens is 3. The van der Waals surface area contributed by atoms with Gasteiger partial charge in [-0.1, -0.05) is 6.07 Å². The molecule has 2 aromatic rings. The highest BCUT2D eigenvalue weighted by molar-refractivity contribution is 5.30. The first-order valence-corrected chi connectivity index (χ1v) is 7.12. The van der Waals surface area contributed by atoms with E-state index in [4.69, 9.17) is 0 Å². The van der Waals surface area contributed by atoms with Crippen molar-refractivity contribution >= 4 is 0 Å². The number of ether oxygens (including phenoxy) is 1. The van der Waals surface area contributed by atoms with E-state index in [-0.39, 0.29) is 6.04 Å². The number of nitrogens with one attached hydrogen (secondary N) is 2. The van der Waals surface area contributed by atoms with Crippen LogP contribution in [0.2, 0.25) is 0 Å². The fraction of sp³-hybridized carbons (Fsp3) is 0.400. The molecule has 0 spiro atoms. The van der Waals surface area contributed by atoms with E-state index in [0.29, 0.717) is 12.1 Å². The molecule has 0 unspecified atom stereocenters. The van der Waals surface area contributed by atoms with Crippen LogP contribution in [0, 0.1) is 5.82 Å². The number of benzene rings is 1. The van der Waals surface area contributed by atoms with Crippen molar-refractivity contribution in [1.29, 1.82) is 0 Å². The highest BCUT2D eigenvalue weighted by Gasteiger charge is 2.21. The summed E-state index contributed by atoms with van der Waals surface area (Å²) in [4.78, 5) is 0. The maximum Gasteiger partial charge on any atom is 0.387 e. The number of rotatable bonds is 5. The third-order valence-electron chi connectivity index (χ3n) is 3.80. The second kappa shape index (κ2) is 6.39. The summed E-state index contributed by atoms with van der Waals surface area (Å²) in [5, 5.41) is 10.4. The summed E-state index contributed by atoms with van der Waals surface area (Å²) >= 11 is 0. The first-order valence-electron chi connectivity index (χ1n) is 7.12. The lowest BCUT2D eigenvalue weighted by Crippen LogP contribution is -2.24. The van der Waals surface area contributed by atoms with Crippen LogP contribution in [0.15, 0.2) is 24.4 Å². The molecule has 0 fully saturated rings. The number of aromatic nitrogens is 2. The molecule has 1 aromatic heterocycles. The molecule has 0 amide bonds. The molecule has 1 aliphatic carbocycles. The fourth-order valence-electron chi connectivity index (χ4n) is 2.75. The number of hydrogen-bond acceptors (Lipinski definition) is 3. The van der Waals surface area contributed by atoms with Gasteiger partial charge in [0, 0.05) is 12.6 Å². The van der Waals surface area contributed by atoms with Gasteiger partial charge in [0.15, 0.2) is 11.6 Å². The van der Waals surface area contributed by atoms with Gasteiger partial charge in [0.1, 0.15) is 0 Å². The van der Waals surface area contributed by atoms with Crippen molar-refractivity contribution in [3.63, 3.8) is 0 Å². The van der Waals surface area contributed by atoms with Crippen LogP contribution in [0.3, 0.4) is 0 Å². The van der Waals surface area contributed by atoms with Crippen molar-refractivity contribution in [3.8, 4) is 5.75 Å². The van der Waals surface area contributed by atoms with Crippen LogP contribution >= 0.6 is 0 Å². The molecule has 4 nitrogen and oxygen atoms in total. The SMILES string of the molecule is Fc1cc(CN[C@@H]2CCCc3cn[nH]c32)ccc1OC(F)F. The van der Waals surface area contributed by atoms with Gasteiger partial charge in [-0.05, 0) is 42.5 Å². The molecule has 0 radical (unpaired) electrons. The smallest absolute Gasteiger partial charge is 0.387 e. The summed E-state index contributed by atoms with van der Waals surface area (Å²) in [5.74, 6) is -1.22. The fourth-order valence-corrected chi connectivity index (χ4v) is 2.75. The van der Waals surface area contributed by atoms with Crippen molar-refractivity contribution in [2.75, 3.05) is 0 Å². The van der Waals surface area contributed by atoms with Crippen molar-refractivity contribution in [2.24, 2.45) is 0 Å². The maximum atomic E-state index is 13.7. The van der Waals surface area contributed by atoms with Gasteiger partial charge in [0.2, 0.25) is 0 Å². The van der Waals surface area contributed by atoms with E-state index in [1.54, 1.807) is 6.07 Å². The van der Waals surface area contributed by atoms with Gasteiger partial charge in [-0.2, -0.15) is 13.9 Å². The van der Waals surface area contributed by atoms with Gasteiger partial charge >= 0.3 is 6.61 Å². The minimum atomic E-state index is -3.03. The number of hydrogen-bond donors (Lipinski definition) is 2. The Bertz CT molecular complexity index is 645. The Balaban J connectivity index is 1.64. The normalized spacial score (nSPS) is 17.5. The average molecular weight is 311 g/mol. The second-order valence-corrected chi connectivity index (χ2v) is 5.28. The average Bonchev–Trinajstić information content (AvgIpc) is 2.96. The quantitative estimate of drug-likeness (QED) is 0.890. The monoisotopic (exact) mass is 311 g/mol. The molecule has 0 saturated carbocycles. The predicted octanol–water partition coefficient (Wildman–Crippen LogP) is 3.32. The Labute approximate surface area is 125 Å². The summed E-state index contributed by atoms with van der Waals surface area (Å²) in [7, 11) is 0. The van der Waals surface area contributed by atoms with E-state index in [2.05, 4.69) is 20.3 Å². The van der Waals surface area contributed by atoms with Crippen molar-refractivity contribution in [1.82, 2.24) is 15.5 Å². The van der Waals surface area contributed by atoms with E-state index in [0.717, 1.165) is 25.0 Å². The van der Waals surface area contributed by atoms with Gasteiger partial charge < -0.3 is 10.1 Å². The lowest BCUT2D eigenvalue weighted by molar-refractivity contribution is -0.0522. The van der Waals surface area contributed by atoms with Crippen molar-refractivity contribution in [2.45, 2.75) is 38.5 Å². The van der Waals surface area contributed by atoms with Gasteiger partial charge in [-0.3, -0.25) is 5.10 Å². The van der Waals surface area contributed by atoms with Crippen LogP contribution in [-0.2, 0) is 13.0 Å². The maximum absolute atomic E-state index is 13.7. The van der Waals surface area contributed by atoms with Crippen LogP contribution in [0.5, 0.6) is 5.75 Å². The highest BCUT2D eigenvalue weighted by Crippen LogP contribution is 2.28. The largest absolute Gasteiger partial charge is 0.432 e. The Morgan fingerprint density at radius 1 is 1.41 bits per heavy atom. The molecule has 1 aromatic carbocycles. The summed E-state index contributed by atoms with van der Waals surface area (Å²) in [5.41, 5.74) is 2.95. The zero-order valence-electron chi connectivity index (χ0n) is 11.8. The lowest BCUT2D eigenvalue weighted by Gasteiger charge is -2.23. The molecule has 0 bridgehead atoms. The standard InChI is InChI=1S/C15H16F3N3O/c16-11-6-9(4-5-13(11)22-15(17)18)7-19-12-3-1-2-10-8-20-21-14(10)12/h4-6,8,12,15,19H,1-3,7H2,(H,20,21)/t12-/m1/s1. The van der Waals surface area contributed by atoms with E-state index >= 15 is 0 Å². The van der Waals surface area contributed by atoms with Crippen LogP contribution < -0.4 is 10.1 Å². The van der Waals surface area contributed by atoms with E-state index in [1.807, 2.05) is 6.20 Å². The van der Waals surface area contributed by atoms with Crippen LogP contribution in [0.25, 0.3) is 0 Å². The third kappa shape index (κ3) is 3.24. The van der Waals surface area contributed by atoms with Gasteiger partial charge in [0.25, 0.3) is 0 Å². The summed E-state index contributed by atoms with van der Waals surface area (Å²) in [6, 6.07) is 4.15. The Kier molecular flexibility index (Phi) is 4.33. The summed E-state index contributed by atoms with van der Waals surface area (Å²) in [6.45, 7) is -2.59. The zero-order valence-corrected chi connectivity index (χ0v) is 11.8. The molecule has 0 saturated heterocycles. The Morgan fingerprint density at radius 2 is 2.27 bits per heavy atom. The molecule has 3 rings (SSSR count). The van der Waals surface area contributed by atoms with Crippen molar-refractivity contribution in [3.05, 3.63) is 47.0 Å². The zero-order chi connectivity index (χ0) is 15.5. The molecule has 1 atom stereocenters. The molecule has 22 heavy (non-hydrogen) atoms. The number of alkyl halides is 2. The first-order chi connectivity index (χ1) is 10.6. The number of aryl methyl sites for hydroxylation is 1. The molecular weight excluding hydrogens is 295 g/mol. The molecule has 118 valence electrons. The molecule has 1 heterocycles. The number of H-pyrrole nitrogens is 1. The molecule has 7 heteroatoms. The molecule has 0 aliphatic heterocycles. The van der Waals surface area contributed by atoms with E-state index in [1.165, 1.54) is 17.7 Å². The minimum Gasteiger partial charge on any atom is -0.432 e. The third-order valence-corrected chi connectivity index (χ3v) is 3.80. The topological polar surface area (TPSA) is 49.9 Å². The number of fused-ring (bicyclic) bond motifs is 1. The summed E-state index contributed by atoms with van der Waals surface area (Å²) in [6.07, 6.45) is 4.89. The van der Waals surface area contributed by atoms with Gasteiger partial charge in [0.05, 0.1) is 11.9 Å². The van der Waals surface area contributed by atoms with E-state index < -0.39 is 18.2 Å². The van der Waals surface area contributed by atoms with Crippen molar-refractivity contribution < 1.29 is 17.9 Å². The van der Waals surface area contributed by atoms with Crippen LogP contribution in [0.1, 0.15) is 35.7 Å². The van der Waals surface area contributed by atoms with Gasteiger partial charge in [-0.15, -0.1) is 0 Å². The minimum absolute atomic E-state index is 0.145. The Hall–Kier alpha value is -2.02. The molecular formula is C15H16F3N3O. The van der Waals surface area contributed by atoms with E-state index in [9.17, 15) is 13.2 Å². The van der Waals surface area contributed by atoms with Crippen LogP contribution in [-0.4, -0.2) is 16.8 Å². The number of aromatic amines is 1. The molecule has 2 N–H and O–H groups in total. The summed E-state index contributed by atoms with van der Waals surface area (Å²) < 4.78 is 41.9. The number of nitrogens with zero attached hydrogens (tertiary/aromatic N) is 1.